The SMILES string of the molecule is C=CCNC(=O)NC(=O)CSCC1(CC(=O)O)CC1. The lowest BCUT2D eigenvalue weighted by Crippen LogP contribution is -2.40. The lowest BCUT2D eigenvalue weighted by Gasteiger charge is -2.11. The number of urea groups is 1. The molecule has 0 radical (unpaired) electrons. The molecule has 3 N–H and O–H groups in total. The van der Waals surface area contributed by atoms with E-state index in [1.807, 2.05) is 0 Å². The molecule has 1 rings (SSSR count). The lowest BCUT2D eigenvalue weighted by atomic mass is 10.1. The van der Waals surface area contributed by atoms with Crippen molar-refractivity contribution >= 4 is 29.7 Å². The second kappa shape index (κ2) is 7.18. The number of nitrogens with one attached hydrogen (secondary N) is 2. The maximum Gasteiger partial charge on any atom is 0.321 e. The van der Waals surface area contributed by atoms with Gasteiger partial charge in [-0.2, -0.15) is 11.8 Å². The van der Waals surface area contributed by atoms with E-state index in [1.165, 1.54) is 17.8 Å². The molecule has 1 aliphatic carbocycles. The number of amides is 3. The van der Waals surface area contributed by atoms with Crippen molar-refractivity contribution in [3.63, 3.8) is 0 Å². The summed E-state index contributed by atoms with van der Waals surface area (Å²) in [5.74, 6) is -0.381. The van der Waals surface area contributed by atoms with Crippen molar-refractivity contribution in [2.75, 3.05) is 18.1 Å². The predicted molar refractivity (Wildman–Crippen MR) is 73.0 cm³/mol. The number of hydrogen-bond acceptors (Lipinski definition) is 4. The summed E-state index contributed by atoms with van der Waals surface area (Å²) in [6.45, 7) is 3.74. The number of thioether (sulfide) groups is 1. The van der Waals surface area contributed by atoms with Gasteiger partial charge < -0.3 is 10.4 Å². The third-order valence-corrected chi connectivity index (χ3v) is 4.07. The van der Waals surface area contributed by atoms with Crippen LogP contribution in [0.4, 0.5) is 4.79 Å². The Balaban J connectivity index is 2.15. The van der Waals surface area contributed by atoms with E-state index in [-0.39, 0.29) is 23.5 Å². The Hall–Kier alpha value is -1.50. The first-order chi connectivity index (χ1) is 8.97. The molecule has 6 nitrogen and oxygen atoms in total. The van der Waals surface area contributed by atoms with E-state index in [2.05, 4.69) is 17.2 Å². The third kappa shape index (κ3) is 6.28. The zero-order chi connectivity index (χ0) is 14.3. The van der Waals surface area contributed by atoms with Crippen LogP contribution in [0.5, 0.6) is 0 Å². The summed E-state index contributed by atoms with van der Waals surface area (Å²) in [6.07, 6.45) is 3.46. The van der Waals surface area contributed by atoms with Gasteiger partial charge in [0.1, 0.15) is 0 Å². The van der Waals surface area contributed by atoms with E-state index >= 15 is 0 Å². The number of carboxylic acids is 1. The van der Waals surface area contributed by atoms with Crippen LogP contribution in [0.2, 0.25) is 0 Å². The zero-order valence-corrected chi connectivity index (χ0v) is 11.4. The smallest absolute Gasteiger partial charge is 0.321 e. The van der Waals surface area contributed by atoms with Crippen LogP contribution in [-0.2, 0) is 9.59 Å². The fraction of sp³-hybridized carbons (Fsp3) is 0.583. The maximum atomic E-state index is 11.4. The first-order valence-electron chi connectivity index (χ1n) is 5.95. The molecule has 19 heavy (non-hydrogen) atoms. The Kier molecular flexibility index (Phi) is 5.88. The molecule has 1 aliphatic rings. The number of aliphatic carboxylic acids is 1. The molecule has 106 valence electrons. The molecular formula is C12H18N2O4S. The molecule has 0 aromatic carbocycles. The van der Waals surface area contributed by atoms with Gasteiger partial charge in [0.05, 0.1) is 12.2 Å². The van der Waals surface area contributed by atoms with Gasteiger partial charge in [-0.3, -0.25) is 14.9 Å². The number of rotatable bonds is 8. The van der Waals surface area contributed by atoms with Crippen molar-refractivity contribution in [3.05, 3.63) is 12.7 Å². The standard InChI is InChI=1S/C12H18N2O4S/c1-2-5-13-11(18)14-9(15)7-19-8-12(3-4-12)6-10(16)17/h2H,1,3-8H2,(H,16,17)(H2,13,14,15,18). The molecule has 0 spiro atoms. The second-order valence-corrected chi connectivity index (χ2v) is 5.60. The summed E-state index contributed by atoms with van der Waals surface area (Å²) in [6, 6.07) is -0.544. The van der Waals surface area contributed by atoms with Crippen LogP contribution < -0.4 is 10.6 Å². The summed E-state index contributed by atoms with van der Waals surface area (Å²) in [7, 11) is 0. The number of hydrogen-bond donors (Lipinski definition) is 3. The molecule has 1 fully saturated rings. The van der Waals surface area contributed by atoms with Gasteiger partial charge in [0, 0.05) is 6.54 Å². The number of carboxylic acid groups (broad SMARTS) is 1. The van der Waals surface area contributed by atoms with E-state index < -0.39 is 12.0 Å². The first-order valence-corrected chi connectivity index (χ1v) is 7.11. The molecule has 3 amide bonds. The average molecular weight is 286 g/mol. The molecule has 0 heterocycles. The van der Waals surface area contributed by atoms with Crippen LogP contribution in [0.1, 0.15) is 19.3 Å². The molecular weight excluding hydrogens is 268 g/mol. The maximum absolute atomic E-state index is 11.4. The molecule has 0 aliphatic heterocycles. The van der Waals surface area contributed by atoms with Gasteiger partial charge >= 0.3 is 12.0 Å². The van der Waals surface area contributed by atoms with Crippen LogP contribution in [-0.4, -0.2) is 41.1 Å². The molecule has 0 aromatic rings. The topological polar surface area (TPSA) is 95.5 Å². The van der Waals surface area contributed by atoms with Gasteiger partial charge in [-0.1, -0.05) is 6.08 Å². The fourth-order valence-electron chi connectivity index (χ4n) is 1.60. The van der Waals surface area contributed by atoms with E-state index in [1.54, 1.807) is 0 Å². The lowest BCUT2D eigenvalue weighted by molar-refractivity contribution is -0.138. The van der Waals surface area contributed by atoms with Gasteiger partial charge in [-0.25, -0.2) is 4.79 Å². The van der Waals surface area contributed by atoms with Gasteiger partial charge in [0.2, 0.25) is 5.91 Å². The largest absolute Gasteiger partial charge is 0.481 e. The molecule has 1 saturated carbocycles. The van der Waals surface area contributed by atoms with Crippen LogP contribution in [0, 0.1) is 5.41 Å². The number of imide groups is 1. The normalized spacial score (nSPS) is 15.4. The van der Waals surface area contributed by atoms with Crippen LogP contribution in [0.3, 0.4) is 0 Å². The van der Waals surface area contributed by atoms with Crippen LogP contribution >= 0.6 is 11.8 Å². The number of carbonyl (C=O) groups excluding carboxylic acids is 2. The summed E-state index contributed by atoms with van der Waals surface area (Å²) in [5.41, 5.74) is -0.137. The average Bonchev–Trinajstić information content (AvgIpc) is 3.05. The highest BCUT2D eigenvalue weighted by molar-refractivity contribution is 8.00. The van der Waals surface area contributed by atoms with Crippen molar-refractivity contribution in [1.29, 1.82) is 0 Å². The molecule has 0 bridgehead atoms. The van der Waals surface area contributed by atoms with Gasteiger partial charge in [-0.05, 0) is 24.0 Å². The molecule has 0 aromatic heterocycles. The summed E-state index contributed by atoms with van der Waals surface area (Å²) >= 11 is 1.36. The van der Waals surface area contributed by atoms with Crippen molar-refractivity contribution in [2.45, 2.75) is 19.3 Å². The first kappa shape index (κ1) is 15.6. The highest BCUT2D eigenvalue weighted by atomic mass is 32.2. The second-order valence-electron chi connectivity index (χ2n) is 4.61. The van der Waals surface area contributed by atoms with Gasteiger partial charge in [-0.15, -0.1) is 6.58 Å². The van der Waals surface area contributed by atoms with E-state index in [4.69, 9.17) is 5.11 Å². The minimum absolute atomic E-state index is 0.137. The Morgan fingerprint density at radius 3 is 2.58 bits per heavy atom. The Morgan fingerprint density at radius 2 is 2.05 bits per heavy atom. The van der Waals surface area contributed by atoms with Crippen molar-refractivity contribution in [3.8, 4) is 0 Å². The Bertz CT molecular complexity index is 380. The Labute approximate surface area is 116 Å². The highest BCUT2D eigenvalue weighted by Gasteiger charge is 2.44. The molecule has 0 unspecified atom stereocenters. The monoisotopic (exact) mass is 286 g/mol. The van der Waals surface area contributed by atoms with Crippen molar-refractivity contribution < 1.29 is 19.5 Å². The van der Waals surface area contributed by atoms with E-state index in [0.29, 0.717) is 12.3 Å². The molecule has 0 saturated heterocycles. The third-order valence-electron chi connectivity index (χ3n) is 2.78. The predicted octanol–water partition coefficient (Wildman–Crippen LogP) is 0.986. The Morgan fingerprint density at radius 1 is 1.37 bits per heavy atom. The highest BCUT2D eigenvalue weighted by Crippen LogP contribution is 2.50. The van der Waals surface area contributed by atoms with Crippen LogP contribution in [0.25, 0.3) is 0 Å². The van der Waals surface area contributed by atoms with E-state index in [9.17, 15) is 14.4 Å². The molecule has 7 heteroatoms. The quantitative estimate of drug-likeness (QED) is 0.578. The fourth-order valence-corrected chi connectivity index (χ4v) is 2.79. The number of carbonyl (C=O) groups is 3. The zero-order valence-electron chi connectivity index (χ0n) is 10.6. The molecule has 0 atom stereocenters. The van der Waals surface area contributed by atoms with Crippen molar-refractivity contribution in [1.82, 2.24) is 10.6 Å². The van der Waals surface area contributed by atoms with Crippen LogP contribution in [0.15, 0.2) is 12.7 Å². The summed E-state index contributed by atoms with van der Waals surface area (Å²) < 4.78 is 0. The minimum Gasteiger partial charge on any atom is -0.481 e. The minimum atomic E-state index is -0.800. The van der Waals surface area contributed by atoms with Crippen molar-refractivity contribution in [2.24, 2.45) is 5.41 Å². The summed E-state index contributed by atoms with van der Waals surface area (Å²) in [4.78, 5) is 33.2. The summed E-state index contributed by atoms with van der Waals surface area (Å²) in [5, 5.41) is 13.4. The van der Waals surface area contributed by atoms with Gasteiger partial charge in [0.15, 0.2) is 0 Å². The van der Waals surface area contributed by atoms with E-state index in [0.717, 1.165) is 12.8 Å². The van der Waals surface area contributed by atoms with Gasteiger partial charge in [0.25, 0.3) is 0 Å².